The Morgan fingerprint density at radius 2 is 2.12 bits per heavy atom. The highest BCUT2D eigenvalue weighted by Gasteiger charge is 2.20. The fourth-order valence-electron chi connectivity index (χ4n) is 1.78. The molecule has 98 valence electrons. The van der Waals surface area contributed by atoms with Crippen LogP contribution in [-0.4, -0.2) is 33.7 Å². The molecule has 1 N–H and O–H groups in total. The molecule has 0 spiro atoms. The van der Waals surface area contributed by atoms with Gasteiger partial charge in [-0.1, -0.05) is 18.5 Å². The van der Waals surface area contributed by atoms with Gasteiger partial charge in [-0.25, -0.2) is 0 Å². The second-order valence-electron chi connectivity index (χ2n) is 4.12. The van der Waals surface area contributed by atoms with Gasteiger partial charge in [-0.05, 0) is 20.3 Å². The van der Waals surface area contributed by atoms with Crippen molar-refractivity contribution in [2.24, 2.45) is 7.05 Å². The molecule has 0 bridgehead atoms. The molecule has 0 amide bonds. The zero-order chi connectivity index (χ0) is 13.0. The zero-order valence-corrected chi connectivity index (χ0v) is 11.7. The summed E-state index contributed by atoms with van der Waals surface area (Å²) in [6.07, 6.45) is 0.497. The van der Waals surface area contributed by atoms with Gasteiger partial charge in [0.25, 0.3) is 0 Å². The van der Waals surface area contributed by atoms with Gasteiger partial charge >= 0.3 is 0 Å². The molecule has 1 rings (SSSR count). The van der Waals surface area contributed by atoms with Crippen LogP contribution in [0.25, 0.3) is 0 Å². The summed E-state index contributed by atoms with van der Waals surface area (Å²) >= 11 is 6.22. The Morgan fingerprint density at radius 1 is 1.47 bits per heavy atom. The summed E-state index contributed by atoms with van der Waals surface area (Å²) < 4.78 is 7.11. The Hall–Kier alpha value is -0.580. The van der Waals surface area contributed by atoms with Crippen LogP contribution in [-0.2, 0) is 24.6 Å². The van der Waals surface area contributed by atoms with E-state index in [0.29, 0.717) is 18.1 Å². The van der Waals surface area contributed by atoms with Crippen LogP contribution < -0.4 is 0 Å². The number of rotatable bonds is 6. The minimum Gasteiger partial charge on any atom is -0.390 e. The molecule has 4 nitrogen and oxygen atoms in total. The van der Waals surface area contributed by atoms with Crippen molar-refractivity contribution in [1.29, 1.82) is 0 Å². The molecule has 2 atom stereocenters. The second kappa shape index (κ2) is 6.38. The van der Waals surface area contributed by atoms with Crippen molar-refractivity contribution < 1.29 is 9.84 Å². The molecule has 0 saturated heterocycles. The summed E-state index contributed by atoms with van der Waals surface area (Å²) in [5, 5.41) is 15.0. The summed E-state index contributed by atoms with van der Waals surface area (Å²) in [7, 11) is 1.85. The Kier molecular flexibility index (Phi) is 5.43. The molecule has 5 heteroatoms. The van der Waals surface area contributed by atoms with E-state index in [-0.39, 0.29) is 6.10 Å². The number of ether oxygens (including phenoxy) is 1. The number of aromatic nitrogens is 2. The summed E-state index contributed by atoms with van der Waals surface area (Å²) in [5.41, 5.74) is 1.74. The summed E-state index contributed by atoms with van der Waals surface area (Å²) in [4.78, 5) is 0. The number of hydrogen-bond donors (Lipinski definition) is 1. The lowest BCUT2D eigenvalue weighted by atomic mass is 10.1. The maximum absolute atomic E-state index is 10.0. The molecule has 0 saturated carbocycles. The highest BCUT2D eigenvalue weighted by molar-refractivity contribution is 6.31. The summed E-state index contributed by atoms with van der Waals surface area (Å²) in [5.74, 6) is 0. The first-order chi connectivity index (χ1) is 8.01. The average molecular weight is 261 g/mol. The first-order valence-corrected chi connectivity index (χ1v) is 6.38. The highest BCUT2D eigenvalue weighted by atomic mass is 35.5. The Morgan fingerprint density at radius 3 is 2.59 bits per heavy atom. The van der Waals surface area contributed by atoms with Gasteiger partial charge in [0.15, 0.2) is 0 Å². The standard InChI is InChI=1S/C12H21ClN2O2/c1-5-9-12(13)10(15(4)14-9)7-11(16)8(3)17-6-2/h8,11,16H,5-7H2,1-4H3. The molecule has 1 aromatic rings. The molecule has 0 aromatic carbocycles. The van der Waals surface area contributed by atoms with Crippen molar-refractivity contribution in [3.63, 3.8) is 0 Å². The molecule has 0 aliphatic rings. The quantitative estimate of drug-likeness (QED) is 0.851. The van der Waals surface area contributed by atoms with Crippen molar-refractivity contribution in [2.45, 2.75) is 45.8 Å². The average Bonchev–Trinajstić information content (AvgIpc) is 2.56. The molecule has 0 aliphatic heterocycles. The topological polar surface area (TPSA) is 47.3 Å². The van der Waals surface area contributed by atoms with Crippen molar-refractivity contribution in [1.82, 2.24) is 9.78 Å². The third-order valence-corrected chi connectivity index (χ3v) is 3.31. The normalized spacial score (nSPS) is 14.9. The van der Waals surface area contributed by atoms with Crippen LogP contribution in [0.15, 0.2) is 0 Å². The molecule has 0 fully saturated rings. The van der Waals surface area contributed by atoms with Crippen LogP contribution in [0.2, 0.25) is 5.02 Å². The van der Waals surface area contributed by atoms with E-state index < -0.39 is 6.10 Å². The summed E-state index contributed by atoms with van der Waals surface area (Å²) in [6.45, 7) is 6.38. The van der Waals surface area contributed by atoms with Crippen molar-refractivity contribution in [3.05, 3.63) is 16.4 Å². The lowest BCUT2D eigenvalue weighted by molar-refractivity contribution is -0.0215. The van der Waals surface area contributed by atoms with E-state index >= 15 is 0 Å². The number of nitrogens with zero attached hydrogens (tertiary/aromatic N) is 2. The Bertz CT molecular complexity index is 366. The van der Waals surface area contributed by atoms with Crippen LogP contribution in [0.4, 0.5) is 0 Å². The van der Waals surface area contributed by atoms with Gasteiger partial charge in [0, 0.05) is 20.1 Å². The van der Waals surface area contributed by atoms with Gasteiger partial charge in [0.05, 0.1) is 28.6 Å². The van der Waals surface area contributed by atoms with E-state index in [2.05, 4.69) is 5.10 Å². The molecule has 0 aliphatic carbocycles. The number of aryl methyl sites for hydroxylation is 2. The molecule has 1 aromatic heterocycles. The third-order valence-electron chi connectivity index (χ3n) is 2.88. The Balaban J connectivity index is 2.77. The Labute approximate surface area is 108 Å². The smallest absolute Gasteiger partial charge is 0.0854 e. The zero-order valence-electron chi connectivity index (χ0n) is 10.9. The van der Waals surface area contributed by atoms with Crippen LogP contribution in [0.3, 0.4) is 0 Å². The lowest BCUT2D eigenvalue weighted by Crippen LogP contribution is -2.29. The maximum atomic E-state index is 10.0. The van der Waals surface area contributed by atoms with E-state index in [0.717, 1.165) is 17.8 Å². The van der Waals surface area contributed by atoms with E-state index in [1.165, 1.54) is 0 Å². The first kappa shape index (κ1) is 14.5. The molecule has 0 radical (unpaired) electrons. The van der Waals surface area contributed by atoms with E-state index in [1.54, 1.807) is 4.68 Å². The number of halogens is 1. The minimum atomic E-state index is -0.562. The predicted octanol–water partition coefficient (Wildman–Crippen LogP) is 1.96. The molecule has 2 unspecified atom stereocenters. The van der Waals surface area contributed by atoms with Gasteiger partial charge in [0.2, 0.25) is 0 Å². The monoisotopic (exact) mass is 260 g/mol. The maximum Gasteiger partial charge on any atom is 0.0854 e. The van der Waals surface area contributed by atoms with Crippen molar-refractivity contribution in [2.75, 3.05) is 6.61 Å². The highest BCUT2D eigenvalue weighted by Crippen LogP contribution is 2.22. The van der Waals surface area contributed by atoms with Gasteiger partial charge in [-0.15, -0.1) is 0 Å². The number of aliphatic hydroxyl groups is 1. The van der Waals surface area contributed by atoms with Crippen LogP contribution in [0, 0.1) is 0 Å². The fourth-order valence-corrected chi connectivity index (χ4v) is 2.15. The first-order valence-electron chi connectivity index (χ1n) is 6.01. The lowest BCUT2D eigenvalue weighted by Gasteiger charge is -2.18. The van der Waals surface area contributed by atoms with Gasteiger partial charge in [-0.3, -0.25) is 4.68 Å². The molecule has 1 heterocycles. The SMILES string of the molecule is CCOC(C)C(O)Cc1c(Cl)c(CC)nn1C. The van der Waals surface area contributed by atoms with E-state index in [4.69, 9.17) is 16.3 Å². The van der Waals surface area contributed by atoms with Gasteiger partial charge < -0.3 is 9.84 Å². The summed E-state index contributed by atoms with van der Waals surface area (Å²) in [6, 6.07) is 0. The van der Waals surface area contributed by atoms with Gasteiger partial charge in [-0.2, -0.15) is 5.10 Å². The third kappa shape index (κ3) is 3.44. The van der Waals surface area contributed by atoms with Gasteiger partial charge in [0.1, 0.15) is 0 Å². The fraction of sp³-hybridized carbons (Fsp3) is 0.750. The van der Waals surface area contributed by atoms with E-state index in [9.17, 15) is 5.11 Å². The molecular weight excluding hydrogens is 240 g/mol. The van der Waals surface area contributed by atoms with Crippen molar-refractivity contribution in [3.8, 4) is 0 Å². The largest absolute Gasteiger partial charge is 0.390 e. The molecular formula is C12H21ClN2O2. The van der Waals surface area contributed by atoms with E-state index in [1.807, 2.05) is 27.8 Å². The number of hydrogen-bond acceptors (Lipinski definition) is 3. The van der Waals surface area contributed by atoms with Crippen molar-refractivity contribution >= 4 is 11.6 Å². The molecule has 17 heavy (non-hydrogen) atoms. The minimum absolute atomic E-state index is 0.198. The van der Waals surface area contributed by atoms with Crippen LogP contribution in [0.1, 0.15) is 32.2 Å². The number of aliphatic hydroxyl groups excluding tert-OH is 1. The second-order valence-corrected chi connectivity index (χ2v) is 4.49. The predicted molar refractivity (Wildman–Crippen MR) is 68.4 cm³/mol. The van der Waals surface area contributed by atoms with Crippen LogP contribution in [0.5, 0.6) is 0 Å². The van der Waals surface area contributed by atoms with Crippen LogP contribution >= 0.6 is 11.6 Å².